The van der Waals surface area contributed by atoms with E-state index in [2.05, 4.69) is 0 Å². The average Bonchev–Trinajstić information content (AvgIpc) is 2.63. The average molecular weight is 369 g/mol. The van der Waals surface area contributed by atoms with Crippen LogP contribution in [-0.2, 0) is 11.2 Å². The first-order valence-corrected chi connectivity index (χ1v) is 8.45. The van der Waals surface area contributed by atoms with Gasteiger partial charge in [0.1, 0.15) is 17.2 Å². The van der Waals surface area contributed by atoms with Crippen LogP contribution in [0.2, 0.25) is 5.02 Å². The Bertz CT molecular complexity index is 880. The van der Waals surface area contributed by atoms with Gasteiger partial charge in [-0.15, -0.1) is 0 Å². The first kappa shape index (κ1) is 17.8. The largest absolute Gasteiger partial charge is 0.478 e. The Labute approximate surface area is 156 Å². The van der Waals surface area contributed by atoms with E-state index in [4.69, 9.17) is 21.1 Å². The third-order valence-electron chi connectivity index (χ3n) is 3.70. The summed E-state index contributed by atoms with van der Waals surface area (Å²) in [6.45, 7) is 0. The number of benzene rings is 3. The van der Waals surface area contributed by atoms with Crippen LogP contribution in [0.3, 0.4) is 0 Å². The Balaban J connectivity index is 1.80. The third kappa shape index (κ3) is 4.77. The van der Waals surface area contributed by atoms with Gasteiger partial charge in [-0.2, -0.15) is 0 Å². The van der Waals surface area contributed by atoms with Crippen molar-refractivity contribution in [3.63, 3.8) is 0 Å². The predicted octanol–water partition coefficient (Wildman–Crippen LogP) is 5.21. The highest BCUT2D eigenvalue weighted by molar-refractivity contribution is 6.30. The molecule has 0 radical (unpaired) electrons. The van der Waals surface area contributed by atoms with E-state index in [-0.39, 0.29) is 6.42 Å². The van der Waals surface area contributed by atoms with Crippen LogP contribution >= 0.6 is 11.6 Å². The molecule has 0 aliphatic carbocycles. The molecule has 0 spiro atoms. The number of ether oxygens (including phenoxy) is 2. The Morgan fingerprint density at radius 2 is 1.62 bits per heavy atom. The molecule has 0 unspecified atom stereocenters. The first-order valence-electron chi connectivity index (χ1n) is 8.07. The fraction of sp³-hybridized carbons (Fsp3) is 0.0952. The van der Waals surface area contributed by atoms with E-state index >= 15 is 0 Å². The minimum Gasteiger partial charge on any atom is -0.478 e. The van der Waals surface area contributed by atoms with Crippen molar-refractivity contribution < 1.29 is 19.4 Å². The second-order valence-corrected chi connectivity index (χ2v) is 6.07. The van der Waals surface area contributed by atoms with Gasteiger partial charge in [-0.25, -0.2) is 4.79 Å². The van der Waals surface area contributed by atoms with Crippen molar-refractivity contribution in [2.45, 2.75) is 12.5 Å². The summed E-state index contributed by atoms with van der Waals surface area (Å²) in [6.07, 6.45) is -0.904. The molecule has 0 saturated heterocycles. The minimum absolute atomic E-state index is 0.158. The molecular weight excluding hydrogens is 352 g/mol. The summed E-state index contributed by atoms with van der Waals surface area (Å²) < 4.78 is 11.5. The number of carbonyl (C=O) groups is 1. The molecule has 1 N–H and O–H groups in total. The van der Waals surface area contributed by atoms with Crippen LogP contribution in [0.5, 0.6) is 17.2 Å². The molecule has 0 fully saturated rings. The van der Waals surface area contributed by atoms with Gasteiger partial charge < -0.3 is 14.6 Å². The summed E-state index contributed by atoms with van der Waals surface area (Å²) in [4.78, 5) is 11.7. The van der Waals surface area contributed by atoms with Crippen LogP contribution < -0.4 is 9.47 Å². The SMILES string of the molecule is O=C(O)[C@H](Cc1ccccc1Oc1ccccc1)Oc1cccc(Cl)c1. The van der Waals surface area contributed by atoms with Gasteiger partial charge in [-0.3, -0.25) is 0 Å². The van der Waals surface area contributed by atoms with E-state index in [0.29, 0.717) is 22.3 Å². The highest BCUT2D eigenvalue weighted by Gasteiger charge is 2.22. The maximum atomic E-state index is 11.7. The molecule has 0 aromatic heterocycles. The quantitative estimate of drug-likeness (QED) is 0.622. The molecule has 0 aliphatic heterocycles. The Morgan fingerprint density at radius 3 is 2.35 bits per heavy atom. The number of aliphatic carboxylic acids is 1. The van der Waals surface area contributed by atoms with Crippen LogP contribution in [0, 0.1) is 0 Å². The molecule has 3 aromatic carbocycles. The lowest BCUT2D eigenvalue weighted by atomic mass is 10.1. The zero-order valence-corrected chi connectivity index (χ0v) is 14.6. The lowest BCUT2D eigenvalue weighted by molar-refractivity contribution is -0.145. The number of halogens is 1. The number of hydrogen-bond acceptors (Lipinski definition) is 3. The Kier molecular flexibility index (Phi) is 5.77. The molecule has 0 saturated carbocycles. The van der Waals surface area contributed by atoms with E-state index in [1.165, 1.54) is 0 Å². The van der Waals surface area contributed by atoms with Gasteiger partial charge in [-0.1, -0.05) is 54.1 Å². The highest BCUT2D eigenvalue weighted by Crippen LogP contribution is 2.27. The number of para-hydroxylation sites is 2. The summed E-state index contributed by atoms with van der Waals surface area (Å²) >= 11 is 5.94. The van der Waals surface area contributed by atoms with Gasteiger partial charge in [0.25, 0.3) is 0 Å². The predicted molar refractivity (Wildman–Crippen MR) is 100 cm³/mol. The van der Waals surface area contributed by atoms with Gasteiger partial charge in [0.05, 0.1) is 0 Å². The van der Waals surface area contributed by atoms with E-state index in [1.807, 2.05) is 48.5 Å². The second kappa shape index (κ2) is 8.41. The van der Waals surface area contributed by atoms with Crippen LogP contribution in [0.1, 0.15) is 5.56 Å². The van der Waals surface area contributed by atoms with Crippen LogP contribution in [0.4, 0.5) is 0 Å². The monoisotopic (exact) mass is 368 g/mol. The maximum absolute atomic E-state index is 11.7. The van der Waals surface area contributed by atoms with Crippen molar-refractivity contribution in [2.24, 2.45) is 0 Å². The van der Waals surface area contributed by atoms with Crippen molar-refractivity contribution in [2.75, 3.05) is 0 Å². The molecule has 26 heavy (non-hydrogen) atoms. The zero-order chi connectivity index (χ0) is 18.4. The van der Waals surface area contributed by atoms with Crippen molar-refractivity contribution in [1.29, 1.82) is 0 Å². The zero-order valence-electron chi connectivity index (χ0n) is 13.8. The maximum Gasteiger partial charge on any atom is 0.345 e. The van der Waals surface area contributed by atoms with Gasteiger partial charge in [0, 0.05) is 11.4 Å². The third-order valence-corrected chi connectivity index (χ3v) is 3.93. The van der Waals surface area contributed by atoms with E-state index in [1.54, 1.807) is 30.3 Å². The number of hydrogen-bond donors (Lipinski definition) is 1. The molecule has 1 atom stereocenters. The van der Waals surface area contributed by atoms with Gasteiger partial charge in [0.2, 0.25) is 0 Å². The number of rotatable bonds is 7. The van der Waals surface area contributed by atoms with Crippen molar-refractivity contribution in [3.8, 4) is 17.2 Å². The summed E-state index contributed by atoms with van der Waals surface area (Å²) in [7, 11) is 0. The van der Waals surface area contributed by atoms with Crippen molar-refractivity contribution in [1.82, 2.24) is 0 Å². The fourth-order valence-electron chi connectivity index (χ4n) is 2.47. The lowest BCUT2D eigenvalue weighted by Gasteiger charge is -2.17. The lowest BCUT2D eigenvalue weighted by Crippen LogP contribution is -2.29. The Hall–Kier alpha value is -2.98. The molecule has 0 heterocycles. The summed E-state index contributed by atoms with van der Waals surface area (Å²) in [5, 5.41) is 10.0. The molecule has 3 rings (SSSR count). The van der Waals surface area contributed by atoms with Gasteiger partial charge in [-0.05, 0) is 42.0 Å². The summed E-state index contributed by atoms with van der Waals surface area (Å²) in [6, 6.07) is 23.3. The standard InChI is InChI=1S/C21H17ClO4/c22-16-8-6-11-18(14-16)26-20(21(23)24)13-15-7-4-5-12-19(15)25-17-9-2-1-3-10-17/h1-12,14,20H,13H2,(H,23,24)/t20-/m0/s1. The molecule has 0 aliphatic rings. The molecule has 132 valence electrons. The van der Waals surface area contributed by atoms with E-state index < -0.39 is 12.1 Å². The molecular formula is C21H17ClO4. The van der Waals surface area contributed by atoms with Gasteiger partial charge >= 0.3 is 5.97 Å². The van der Waals surface area contributed by atoms with Crippen molar-refractivity contribution >= 4 is 17.6 Å². The molecule has 5 heteroatoms. The topological polar surface area (TPSA) is 55.8 Å². The normalized spacial score (nSPS) is 11.6. The van der Waals surface area contributed by atoms with Gasteiger partial charge in [0.15, 0.2) is 6.10 Å². The van der Waals surface area contributed by atoms with E-state index in [9.17, 15) is 9.90 Å². The van der Waals surface area contributed by atoms with Crippen LogP contribution in [0.25, 0.3) is 0 Å². The highest BCUT2D eigenvalue weighted by atomic mass is 35.5. The summed E-state index contributed by atoms with van der Waals surface area (Å²) in [5.74, 6) is 0.632. The number of carboxylic acid groups (broad SMARTS) is 1. The second-order valence-electron chi connectivity index (χ2n) is 5.63. The fourth-order valence-corrected chi connectivity index (χ4v) is 2.65. The first-order chi connectivity index (χ1) is 12.6. The molecule has 3 aromatic rings. The molecule has 0 amide bonds. The van der Waals surface area contributed by atoms with E-state index in [0.717, 1.165) is 5.56 Å². The summed E-state index contributed by atoms with van der Waals surface area (Å²) in [5.41, 5.74) is 0.741. The van der Waals surface area contributed by atoms with Crippen LogP contribution in [-0.4, -0.2) is 17.2 Å². The minimum atomic E-state index is -1.06. The molecule has 4 nitrogen and oxygen atoms in total. The molecule has 0 bridgehead atoms. The number of carboxylic acids is 1. The Morgan fingerprint density at radius 1 is 0.923 bits per heavy atom. The van der Waals surface area contributed by atoms with Crippen molar-refractivity contribution in [3.05, 3.63) is 89.4 Å². The van der Waals surface area contributed by atoms with Crippen LogP contribution in [0.15, 0.2) is 78.9 Å². The smallest absolute Gasteiger partial charge is 0.345 e.